The monoisotopic (exact) mass is 488 g/mol. The van der Waals surface area contributed by atoms with Gasteiger partial charge in [0.2, 0.25) is 17.6 Å². The summed E-state index contributed by atoms with van der Waals surface area (Å²) < 4.78 is 33.1. The average Bonchev–Trinajstić information content (AvgIpc) is 3.49. The van der Waals surface area contributed by atoms with Crippen LogP contribution >= 0.6 is 11.3 Å². The first-order valence-electron chi connectivity index (χ1n) is 10.6. The second-order valence-electron chi connectivity index (χ2n) is 7.84. The fraction of sp³-hybridized carbons (Fsp3) is 0.364. The van der Waals surface area contributed by atoms with Crippen molar-refractivity contribution >= 4 is 38.7 Å². The molecule has 11 heteroatoms. The number of aromatic nitrogens is 2. The summed E-state index contributed by atoms with van der Waals surface area (Å²) >= 11 is 1.10. The third-order valence-corrected chi connectivity index (χ3v) is 8.79. The zero-order chi connectivity index (χ0) is 23.6. The van der Waals surface area contributed by atoms with Gasteiger partial charge >= 0.3 is 0 Å². The van der Waals surface area contributed by atoms with Crippen LogP contribution in [0.5, 0.6) is 0 Å². The first-order chi connectivity index (χ1) is 15.8. The lowest BCUT2D eigenvalue weighted by Gasteiger charge is -2.30. The van der Waals surface area contributed by atoms with Gasteiger partial charge in [-0.2, -0.15) is 9.29 Å². The predicted molar refractivity (Wildman–Crippen MR) is 124 cm³/mol. The number of rotatable bonds is 7. The Kier molecular flexibility index (Phi) is 6.73. The predicted octanol–water partition coefficient (Wildman–Crippen LogP) is 3.60. The number of nitrogens with one attached hydrogen (secondary N) is 1. The van der Waals surface area contributed by atoms with E-state index in [4.69, 9.17) is 4.52 Å². The molecule has 0 aliphatic carbocycles. The van der Waals surface area contributed by atoms with Gasteiger partial charge in [-0.25, -0.2) is 8.42 Å². The molecule has 9 nitrogen and oxygen atoms in total. The molecule has 0 saturated carbocycles. The summed E-state index contributed by atoms with van der Waals surface area (Å²) in [6.07, 6.45) is 1.78. The molecule has 33 heavy (non-hydrogen) atoms. The van der Waals surface area contributed by atoms with Crippen molar-refractivity contribution < 1.29 is 22.5 Å². The molecule has 4 rings (SSSR count). The van der Waals surface area contributed by atoms with Gasteiger partial charge < -0.3 is 9.84 Å². The van der Waals surface area contributed by atoms with Crippen LogP contribution < -0.4 is 5.32 Å². The van der Waals surface area contributed by atoms with Crippen LogP contribution in [-0.4, -0.2) is 47.6 Å². The maximum atomic E-state index is 13.2. The molecule has 0 unspecified atom stereocenters. The number of amides is 1. The molecule has 1 fully saturated rings. The number of aryl methyl sites for hydroxylation is 1. The van der Waals surface area contributed by atoms with Gasteiger partial charge in [0.25, 0.3) is 10.0 Å². The molecule has 1 N–H and O–H groups in total. The van der Waals surface area contributed by atoms with Crippen LogP contribution in [0.15, 0.2) is 44.4 Å². The molecule has 1 amide bonds. The van der Waals surface area contributed by atoms with E-state index in [9.17, 15) is 18.0 Å². The zero-order valence-electron chi connectivity index (χ0n) is 18.3. The number of Topliss-reactive ketones (excluding diaryl/α,β-unsaturated/α-hetero) is 1. The summed E-state index contributed by atoms with van der Waals surface area (Å²) in [7, 11) is -3.75. The van der Waals surface area contributed by atoms with E-state index in [-0.39, 0.29) is 22.4 Å². The molecule has 3 heterocycles. The van der Waals surface area contributed by atoms with Gasteiger partial charge in [-0.05, 0) is 50.1 Å². The van der Waals surface area contributed by atoms with Crippen molar-refractivity contribution in [2.75, 3.05) is 18.4 Å². The molecular formula is C22H24N4O5S2. The van der Waals surface area contributed by atoms with E-state index in [0.717, 1.165) is 11.3 Å². The van der Waals surface area contributed by atoms with Crippen LogP contribution in [-0.2, 0) is 21.2 Å². The fourth-order valence-corrected chi connectivity index (χ4v) is 6.45. The van der Waals surface area contributed by atoms with Crippen LogP contribution in [0.2, 0.25) is 0 Å². The summed E-state index contributed by atoms with van der Waals surface area (Å²) in [5.74, 6) is 0.0848. The molecule has 0 radical (unpaired) electrons. The number of sulfonamides is 1. The largest absolute Gasteiger partial charge is 0.339 e. The van der Waals surface area contributed by atoms with Gasteiger partial charge in [-0.15, -0.1) is 11.3 Å². The van der Waals surface area contributed by atoms with Crippen molar-refractivity contribution in [1.82, 2.24) is 14.4 Å². The van der Waals surface area contributed by atoms with Crippen LogP contribution in [0.25, 0.3) is 11.4 Å². The maximum absolute atomic E-state index is 13.2. The highest BCUT2D eigenvalue weighted by molar-refractivity contribution is 7.91. The lowest BCUT2D eigenvalue weighted by atomic mass is 9.98. The average molecular weight is 489 g/mol. The SMILES string of the molecule is CCc1nc(-c2csc(S(=O)(=O)N3CCC[C@H](C(=O)Nc4ccc(C(C)=O)cc4)C3)c2)no1. The summed E-state index contributed by atoms with van der Waals surface area (Å²) in [5, 5.41) is 8.41. The van der Waals surface area contributed by atoms with Crippen molar-refractivity contribution in [1.29, 1.82) is 0 Å². The number of benzene rings is 1. The van der Waals surface area contributed by atoms with E-state index >= 15 is 0 Å². The molecular weight excluding hydrogens is 464 g/mol. The molecule has 1 saturated heterocycles. The molecule has 3 aromatic rings. The smallest absolute Gasteiger partial charge is 0.252 e. The summed E-state index contributed by atoms with van der Waals surface area (Å²) in [6, 6.07) is 8.18. The van der Waals surface area contributed by atoms with Crippen molar-refractivity contribution in [3.63, 3.8) is 0 Å². The van der Waals surface area contributed by atoms with E-state index in [0.29, 0.717) is 54.3 Å². The van der Waals surface area contributed by atoms with Crippen LogP contribution in [0.1, 0.15) is 42.9 Å². The number of piperidine rings is 1. The normalized spacial score (nSPS) is 17.1. The Hall–Kier alpha value is -2.89. The topological polar surface area (TPSA) is 122 Å². The van der Waals surface area contributed by atoms with Crippen molar-refractivity contribution in [3.8, 4) is 11.4 Å². The number of carbonyl (C=O) groups excluding carboxylic acids is 2. The molecule has 1 aliphatic rings. The van der Waals surface area contributed by atoms with E-state index in [2.05, 4.69) is 15.5 Å². The summed E-state index contributed by atoms with van der Waals surface area (Å²) in [6.45, 7) is 3.83. The number of hydrogen-bond acceptors (Lipinski definition) is 8. The van der Waals surface area contributed by atoms with Gasteiger partial charge in [0, 0.05) is 41.7 Å². The Morgan fingerprint density at radius 1 is 1.27 bits per heavy atom. The van der Waals surface area contributed by atoms with Crippen molar-refractivity contribution in [3.05, 3.63) is 47.2 Å². The maximum Gasteiger partial charge on any atom is 0.252 e. The first-order valence-corrected chi connectivity index (χ1v) is 12.9. The zero-order valence-corrected chi connectivity index (χ0v) is 19.9. The highest BCUT2D eigenvalue weighted by Gasteiger charge is 2.34. The Labute approximate surface area is 195 Å². The van der Waals surface area contributed by atoms with Crippen LogP contribution in [0.3, 0.4) is 0 Å². The lowest BCUT2D eigenvalue weighted by molar-refractivity contribution is -0.120. The quantitative estimate of drug-likeness (QED) is 0.504. The fourth-order valence-electron chi connectivity index (χ4n) is 3.62. The summed E-state index contributed by atoms with van der Waals surface area (Å²) in [5.41, 5.74) is 1.71. The molecule has 1 aromatic carbocycles. The molecule has 1 atom stereocenters. The third kappa shape index (κ3) is 5.05. The Balaban J connectivity index is 1.45. The minimum absolute atomic E-state index is 0.0529. The summed E-state index contributed by atoms with van der Waals surface area (Å²) in [4.78, 5) is 28.4. The number of ketones is 1. The van der Waals surface area contributed by atoms with Gasteiger partial charge in [0.1, 0.15) is 4.21 Å². The highest BCUT2D eigenvalue weighted by atomic mass is 32.2. The van der Waals surface area contributed by atoms with E-state index in [1.807, 2.05) is 6.92 Å². The van der Waals surface area contributed by atoms with E-state index in [1.165, 1.54) is 11.2 Å². The number of anilines is 1. The third-order valence-electron chi connectivity index (χ3n) is 5.51. The van der Waals surface area contributed by atoms with E-state index < -0.39 is 15.9 Å². The van der Waals surface area contributed by atoms with Gasteiger partial charge in [0.15, 0.2) is 5.78 Å². The van der Waals surface area contributed by atoms with Gasteiger partial charge in [0.05, 0.1) is 5.92 Å². The molecule has 174 valence electrons. The highest BCUT2D eigenvalue weighted by Crippen LogP contribution is 2.31. The minimum Gasteiger partial charge on any atom is -0.339 e. The second-order valence-corrected chi connectivity index (χ2v) is 10.9. The second kappa shape index (κ2) is 9.54. The van der Waals surface area contributed by atoms with Crippen molar-refractivity contribution in [2.45, 2.75) is 37.3 Å². The first kappa shape index (κ1) is 23.3. The molecule has 1 aliphatic heterocycles. The van der Waals surface area contributed by atoms with Gasteiger partial charge in [-0.3, -0.25) is 9.59 Å². The standard InChI is InChI=1S/C22H24N4O5S2/c1-3-19-24-21(25-31-19)17-11-20(32-13-17)33(29,30)26-10-4-5-16(12-26)22(28)23-18-8-6-15(7-9-18)14(2)27/h6-9,11,13,16H,3-5,10,12H2,1-2H3,(H,23,28)/t16-/m0/s1. The van der Waals surface area contributed by atoms with E-state index in [1.54, 1.807) is 35.7 Å². The van der Waals surface area contributed by atoms with Crippen molar-refractivity contribution in [2.24, 2.45) is 5.92 Å². The minimum atomic E-state index is -3.75. The number of nitrogens with zero attached hydrogens (tertiary/aromatic N) is 3. The number of hydrogen-bond donors (Lipinski definition) is 1. The Morgan fingerprint density at radius 2 is 2.03 bits per heavy atom. The van der Waals surface area contributed by atoms with Gasteiger partial charge in [-0.1, -0.05) is 12.1 Å². The molecule has 0 bridgehead atoms. The molecule has 2 aromatic heterocycles. The van der Waals surface area contributed by atoms with Crippen LogP contribution in [0.4, 0.5) is 5.69 Å². The Bertz CT molecular complexity index is 1260. The number of carbonyl (C=O) groups is 2. The van der Waals surface area contributed by atoms with Crippen LogP contribution in [0, 0.1) is 5.92 Å². The number of thiophene rings is 1. The lowest BCUT2D eigenvalue weighted by Crippen LogP contribution is -2.43. The Morgan fingerprint density at radius 3 is 2.70 bits per heavy atom. The molecule has 0 spiro atoms.